The lowest BCUT2D eigenvalue weighted by molar-refractivity contribution is 0.610. The number of nitrogens with zero attached hydrogens (tertiary/aromatic N) is 1. The van der Waals surface area contributed by atoms with Crippen molar-refractivity contribution in [3.63, 3.8) is 0 Å². The van der Waals surface area contributed by atoms with Crippen molar-refractivity contribution in [2.24, 2.45) is 0 Å². The molecule has 1 aliphatic carbocycles. The van der Waals surface area contributed by atoms with Gasteiger partial charge in [0.1, 0.15) is 5.82 Å². The molecular weight excluding hydrogens is 283 g/mol. The quantitative estimate of drug-likeness (QED) is 0.826. The normalized spacial score (nSPS) is 14.4. The summed E-state index contributed by atoms with van der Waals surface area (Å²) in [6.07, 6.45) is 2.34. The van der Waals surface area contributed by atoms with Gasteiger partial charge in [-0.3, -0.25) is 0 Å². The average molecular weight is 304 g/mol. The molecule has 0 saturated heterocycles. The number of hydrogen-bond donors (Lipinski definition) is 1. The molecule has 4 heteroatoms. The van der Waals surface area contributed by atoms with Crippen LogP contribution in [0.25, 0.3) is 0 Å². The smallest absolute Gasteiger partial charge is 0.146 e. The zero-order chi connectivity index (χ0) is 14.7. The maximum absolute atomic E-state index is 14.5. The van der Waals surface area contributed by atoms with Crippen LogP contribution in [-0.2, 0) is 13.1 Å². The van der Waals surface area contributed by atoms with Crippen LogP contribution in [0.4, 0.5) is 10.1 Å². The topological polar surface area (TPSA) is 15.3 Å². The third kappa shape index (κ3) is 3.63. The highest BCUT2D eigenvalue weighted by atomic mass is 32.1. The molecule has 0 atom stereocenters. The summed E-state index contributed by atoms with van der Waals surface area (Å²) in [7, 11) is 0. The van der Waals surface area contributed by atoms with Crippen molar-refractivity contribution in [3.05, 3.63) is 52.0 Å². The van der Waals surface area contributed by atoms with E-state index in [1.165, 1.54) is 17.7 Å². The lowest BCUT2D eigenvalue weighted by atomic mass is 10.1. The van der Waals surface area contributed by atoms with Gasteiger partial charge in [-0.15, -0.1) is 11.3 Å². The summed E-state index contributed by atoms with van der Waals surface area (Å²) in [5.41, 5.74) is 1.75. The molecule has 2 aromatic rings. The van der Waals surface area contributed by atoms with Crippen LogP contribution in [-0.4, -0.2) is 12.6 Å². The molecule has 1 N–H and O–H groups in total. The molecule has 1 fully saturated rings. The second kappa shape index (κ2) is 6.58. The van der Waals surface area contributed by atoms with Gasteiger partial charge in [0.05, 0.1) is 12.2 Å². The van der Waals surface area contributed by atoms with E-state index in [9.17, 15) is 4.39 Å². The number of hydrogen-bond acceptors (Lipinski definition) is 3. The van der Waals surface area contributed by atoms with Crippen LogP contribution in [0.5, 0.6) is 0 Å². The van der Waals surface area contributed by atoms with Crippen LogP contribution >= 0.6 is 11.3 Å². The molecular formula is C17H21FN2S. The number of anilines is 1. The number of halogens is 1. The number of nitrogens with one attached hydrogen (secondary N) is 1. The number of benzene rings is 1. The lowest BCUT2D eigenvalue weighted by Crippen LogP contribution is -2.25. The van der Waals surface area contributed by atoms with E-state index in [-0.39, 0.29) is 5.82 Å². The Morgan fingerprint density at radius 2 is 2.19 bits per heavy atom. The summed E-state index contributed by atoms with van der Waals surface area (Å²) < 4.78 is 14.5. The molecule has 0 unspecified atom stereocenters. The van der Waals surface area contributed by atoms with Gasteiger partial charge in [0.25, 0.3) is 0 Å². The van der Waals surface area contributed by atoms with E-state index in [4.69, 9.17) is 0 Å². The second-order valence-corrected chi connectivity index (χ2v) is 6.54. The zero-order valence-electron chi connectivity index (χ0n) is 12.3. The van der Waals surface area contributed by atoms with Crippen molar-refractivity contribution in [3.8, 4) is 0 Å². The molecule has 2 nitrogen and oxygen atoms in total. The van der Waals surface area contributed by atoms with Crippen LogP contribution in [0.1, 0.15) is 30.2 Å². The van der Waals surface area contributed by atoms with Crippen LogP contribution in [0.15, 0.2) is 35.7 Å². The van der Waals surface area contributed by atoms with Crippen molar-refractivity contribution >= 4 is 17.0 Å². The van der Waals surface area contributed by atoms with Crippen LogP contribution < -0.4 is 10.2 Å². The fourth-order valence-corrected chi connectivity index (χ4v) is 3.23. The zero-order valence-corrected chi connectivity index (χ0v) is 13.1. The summed E-state index contributed by atoms with van der Waals surface area (Å²) in [4.78, 5) is 3.51. The first kappa shape index (κ1) is 14.5. The Bertz CT molecular complexity index is 578. The van der Waals surface area contributed by atoms with Gasteiger partial charge in [0.2, 0.25) is 0 Å². The van der Waals surface area contributed by atoms with Gasteiger partial charge in [-0.1, -0.05) is 19.1 Å². The molecule has 0 bridgehead atoms. The Morgan fingerprint density at radius 1 is 1.33 bits per heavy atom. The molecule has 112 valence electrons. The monoisotopic (exact) mass is 304 g/mol. The Labute approximate surface area is 129 Å². The first-order chi connectivity index (χ1) is 10.3. The molecule has 0 amide bonds. The highest BCUT2D eigenvalue weighted by Crippen LogP contribution is 2.35. The third-order valence-corrected chi connectivity index (χ3v) is 4.66. The minimum absolute atomic E-state index is 0.103. The molecule has 1 aromatic carbocycles. The molecule has 1 saturated carbocycles. The lowest BCUT2D eigenvalue weighted by Gasteiger charge is -2.25. The highest BCUT2D eigenvalue weighted by Gasteiger charge is 2.30. The molecule has 0 spiro atoms. The highest BCUT2D eigenvalue weighted by molar-refractivity contribution is 7.09. The standard InChI is InChI=1S/C17H21FN2S/c1-2-19-11-13-5-8-17(16(18)10-13)20(14-6-7-14)12-15-4-3-9-21-15/h3-5,8-10,14,19H,2,6-7,11-12H2,1H3. The summed E-state index contributed by atoms with van der Waals surface area (Å²) in [5.74, 6) is -0.103. The fourth-order valence-electron chi connectivity index (χ4n) is 2.53. The maximum atomic E-state index is 14.5. The first-order valence-corrected chi connectivity index (χ1v) is 8.44. The van der Waals surface area contributed by atoms with E-state index < -0.39 is 0 Å². The Morgan fingerprint density at radius 3 is 2.81 bits per heavy atom. The van der Waals surface area contributed by atoms with E-state index in [0.717, 1.165) is 30.9 Å². The second-order valence-electron chi connectivity index (χ2n) is 5.50. The van der Waals surface area contributed by atoms with Gasteiger partial charge in [0.15, 0.2) is 0 Å². The van der Waals surface area contributed by atoms with E-state index in [1.807, 2.05) is 12.1 Å². The molecule has 1 aromatic heterocycles. The number of rotatable bonds is 7. The van der Waals surface area contributed by atoms with Gasteiger partial charge in [-0.2, -0.15) is 0 Å². The minimum atomic E-state index is -0.103. The van der Waals surface area contributed by atoms with Crippen molar-refractivity contribution < 1.29 is 4.39 Å². The van der Waals surface area contributed by atoms with Gasteiger partial charge >= 0.3 is 0 Å². The van der Waals surface area contributed by atoms with Gasteiger partial charge in [-0.05, 0) is 48.5 Å². The Balaban J connectivity index is 1.79. The predicted molar refractivity (Wildman–Crippen MR) is 87.3 cm³/mol. The first-order valence-electron chi connectivity index (χ1n) is 7.56. The molecule has 0 aliphatic heterocycles. The van der Waals surface area contributed by atoms with Crippen molar-refractivity contribution in [1.82, 2.24) is 5.32 Å². The van der Waals surface area contributed by atoms with Gasteiger partial charge < -0.3 is 10.2 Å². The Hall–Kier alpha value is -1.39. The molecule has 1 heterocycles. The van der Waals surface area contributed by atoms with Crippen LogP contribution in [0.2, 0.25) is 0 Å². The van der Waals surface area contributed by atoms with Gasteiger partial charge in [-0.25, -0.2) is 4.39 Å². The summed E-state index contributed by atoms with van der Waals surface area (Å²) in [6, 6.07) is 10.3. The maximum Gasteiger partial charge on any atom is 0.146 e. The van der Waals surface area contributed by atoms with E-state index in [2.05, 4.69) is 34.7 Å². The summed E-state index contributed by atoms with van der Waals surface area (Å²) in [6.45, 7) is 4.49. The van der Waals surface area contributed by atoms with Crippen LogP contribution in [0, 0.1) is 5.82 Å². The fraction of sp³-hybridized carbons (Fsp3) is 0.412. The van der Waals surface area contributed by atoms with Crippen molar-refractivity contribution in [1.29, 1.82) is 0 Å². The molecule has 0 radical (unpaired) electrons. The average Bonchev–Trinajstić information content (AvgIpc) is 3.20. The largest absolute Gasteiger partial charge is 0.361 e. The van der Waals surface area contributed by atoms with Gasteiger partial charge in [0, 0.05) is 17.5 Å². The molecule has 21 heavy (non-hydrogen) atoms. The number of thiophene rings is 1. The van der Waals surface area contributed by atoms with Crippen molar-refractivity contribution in [2.75, 3.05) is 11.4 Å². The minimum Gasteiger partial charge on any atom is -0.361 e. The SMILES string of the molecule is CCNCc1ccc(N(Cc2cccs2)C2CC2)c(F)c1. The van der Waals surface area contributed by atoms with Crippen molar-refractivity contribution in [2.45, 2.75) is 38.9 Å². The van der Waals surface area contributed by atoms with Crippen LogP contribution in [0.3, 0.4) is 0 Å². The summed E-state index contributed by atoms with van der Waals surface area (Å²) in [5, 5.41) is 5.31. The van der Waals surface area contributed by atoms with E-state index in [0.29, 0.717) is 6.04 Å². The van der Waals surface area contributed by atoms with E-state index >= 15 is 0 Å². The third-order valence-electron chi connectivity index (χ3n) is 3.79. The Kier molecular flexibility index (Phi) is 4.56. The predicted octanol–water partition coefficient (Wildman–Crippen LogP) is 4.17. The van der Waals surface area contributed by atoms with E-state index in [1.54, 1.807) is 17.4 Å². The molecule has 3 rings (SSSR count). The summed E-state index contributed by atoms with van der Waals surface area (Å²) >= 11 is 1.74. The molecule has 1 aliphatic rings.